The molecule has 0 amide bonds. The fourth-order valence-electron chi connectivity index (χ4n) is 0.754. The molecule has 0 fully saturated rings. The minimum absolute atomic E-state index is 0.231. The summed E-state index contributed by atoms with van der Waals surface area (Å²) in [5, 5.41) is 8.25. The predicted molar refractivity (Wildman–Crippen MR) is 40.2 cm³/mol. The number of nitrogens with zero attached hydrogens (tertiary/aromatic N) is 1. The quantitative estimate of drug-likeness (QED) is 0.455. The fraction of sp³-hybridized carbons (Fsp3) is 0.714. The van der Waals surface area contributed by atoms with Crippen molar-refractivity contribution in [3.8, 4) is 0 Å². The lowest BCUT2D eigenvalue weighted by molar-refractivity contribution is -0.862. The maximum atomic E-state index is 10.9. The number of likely N-dealkylation sites (N-methyl/N-ethyl adjacent to an activating group) is 1. The minimum atomic E-state index is -1.05. The van der Waals surface area contributed by atoms with Crippen LogP contribution >= 0.6 is 0 Å². The van der Waals surface area contributed by atoms with Gasteiger partial charge in [-0.05, 0) is 0 Å². The number of hydrogen-bond donors (Lipinski definition) is 1. The molecular weight excluding hydrogens is 146 g/mol. The lowest BCUT2D eigenvalue weighted by Gasteiger charge is -2.22. The molecule has 0 radical (unpaired) electrons. The topological polar surface area (TPSA) is 54.4 Å². The van der Waals surface area contributed by atoms with Gasteiger partial charge in [-0.15, -0.1) is 0 Å². The zero-order chi connectivity index (χ0) is 9.07. The van der Waals surface area contributed by atoms with Crippen molar-refractivity contribution < 1.29 is 19.2 Å². The van der Waals surface area contributed by atoms with Gasteiger partial charge < -0.3 is 9.59 Å². The Kier molecular flexibility index (Phi) is 3.19. The molecule has 0 rings (SSSR count). The van der Waals surface area contributed by atoms with E-state index in [0.717, 1.165) is 0 Å². The van der Waals surface area contributed by atoms with Gasteiger partial charge in [0, 0.05) is 0 Å². The van der Waals surface area contributed by atoms with E-state index >= 15 is 0 Å². The maximum Gasteiger partial charge on any atom is 0.311 e. The zero-order valence-electron chi connectivity index (χ0n) is 7.13. The standard InChI is InChI=1S/C7H13NO3/c1-8(2,3)5-6(9)4-7(10)11/h4-5H2,1-3H3/p+1. The molecule has 0 aliphatic carbocycles. The second-order valence-electron chi connectivity index (χ2n) is 3.56. The number of carbonyl (C=O) groups is 2. The number of hydrogen-bond acceptors (Lipinski definition) is 2. The van der Waals surface area contributed by atoms with E-state index in [9.17, 15) is 9.59 Å². The molecule has 0 bridgehead atoms. The summed E-state index contributed by atoms with van der Waals surface area (Å²) in [6.45, 7) is 0.270. The van der Waals surface area contributed by atoms with Crippen molar-refractivity contribution >= 4 is 11.8 Å². The molecule has 4 nitrogen and oxygen atoms in total. The Morgan fingerprint density at radius 2 is 1.73 bits per heavy atom. The van der Waals surface area contributed by atoms with Gasteiger partial charge in [0.25, 0.3) is 0 Å². The number of Topliss-reactive ketones (excluding diaryl/α,β-unsaturated/α-hetero) is 1. The van der Waals surface area contributed by atoms with Crippen LogP contribution in [-0.2, 0) is 9.59 Å². The molecule has 0 saturated heterocycles. The lowest BCUT2D eigenvalue weighted by Crippen LogP contribution is -2.39. The normalized spacial score (nSPS) is 11.2. The average molecular weight is 160 g/mol. The molecule has 0 aliphatic heterocycles. The van der Waals surface area contributed by atoms with Crippen molar-refractivity contribution in [1.82, 2.24) is 0 Å². The summed E-state index contributed by atoms with van der Waals surface area (Å²) in [5.74, 6) is -1.28. The van der Waals surface area contributed by atoms with Crippen LogP contribution in [0.1, 0.15) is 6.42 Å². The first kappa shape index (κ1) is 10.1. The van der Waals surface area contributed by atoms with Crippen molar-refractivity contribution in [2.45, 2.75) is 6.42 Å². The van der Waals surface area contributed by atoms with Gasteiger partial charge in [0.1, 0.15) is 13.0 Å². The highest BCUT2D eigenvalue weighted by Crippen LogP contribution is 1.93. The predicted octanol–water partition coefficient (Wildman–Crippen LogP) is -0.264. The largest absolute Gasteiger partial charge is 0.481 e. The number of ketones is 1. The molecule has 0 heterocycles. The second kappa shape index (κ2) is 3.48. The van der Waals surface area contributed by atoms with Gasteiger partial charge in [-0.2, -0.15) is 0 Å². The Morgan fingerprint density at radius 3 is 2.00 bits per heavy atom. The summed E-state index contributed by atoms with van der Waals surface area (Å²) in [4.78, 5) is 20.9. The highest BCUT2D eigenvalue weighted by atomic mass is 16.4. The first-order chi connectivity index (χ1) is 4.81. The molecule has 64 valence electrons. The third-order valence-corrected chi connectivity index (χ3v) is 0.999. The smallest absolute Gasteiger partial charge is 0.311 e. The van der Waals surface area contributed by atoms with E-state index in [-0.39, 0.29) is 18.7 Å². The Balaban J connectivity index is 3.80. The third kappa shape index (κ3) is 6.99. The Morgan fingerprint density at radius 1 is 1.27 bits per heavy atom. The van der Waals surface area contributed by atoms with Crippen LogP contribution in [0.4, 0.5) is 0 Å². The van der Waals surface area contributed by atoms with Crippen molar-refractivity contribution in [3.63, 3.8) is 0 Å². The summed E-state index contributed by atoms with van der Waals surface area (Å²) in [6, 6.07) is 0. The van der Waals surface area contributed by atoms with E-state index in [0.29, 0.717) is 4.48 Å². The van der Waals surface area contributed by atoms with Crippen LogP contribution in [-0.4, -0.2) is 49.0 Å². The summed E-state index contributed by atoms with van der Waals surface area (Å²) >= 11 is 0. The average Bonchev–Trinajstić information content (AvgIpc) is 1.53. The first-order valence-electron chi connectivity index (χ1n) is 3.35. The minimum Gasteiger partial charge on any atom is -0.481 e. The van der Waals surface area contributed by atoms with E-state index in [1.165, 1.54) is 0 Å². The highest BCUT2D eigenvalue weighted by molar-refractivity contribution is 5.95. The van der Waals surface area contributed by atoms with Gasteiger partial charge in [0.15, 0.2) is 5.78 Å². The molecule has 0 atom stereocenters. The Labute approximate surface area is 66.0 Å². The Bertz CT molecular complexity index is 169. The van der Waals surface area contributed by atoms with E-state index in [4.69, 9.17) is 5.11 Å². The molecule has 0 unspecified atom stereocenters. The molecule has 1 N–H and O–H groups in total. The lowest BCUT2D eigenvalue weighted by atomic mass is 10.2. The molecule has 0 aromatic rings. The number of carboxylic acid groups (broad SMARTS) is 1. The van der Waals surface area contributed by atoms with E-state index in [1.54, 1.807) is 0 Å². The van der Waals surface area contributed by atoms with Crippen LogP contribution in [0.2, 0.25) is 0 Å². The van der Waals surface area contributed by atoms with Gasteiger partial charge >= 0.3 is 5.97 Å². The molecule has 11 heavy (non-hydrogen) atoms. The van der Waals surface area contributed by atoms with Crippen molar-refractivity contribution in [3.05, 3.63) is 0 Å². The van der Waals surface area contributed by atoms with Crippen LogP contribution in [0.15, 0.2) is 0 Å². The van der Waals surface area contributed by atoms with Crippen LogP contribution < -0.4 is 0 Å². The van der Waals surface area contributed by atoms with Crippen molar-refractivity contribution in [2.24, 2.45) is 0 Å². The summed E-state index contributed by atoms with van der Waals surface area (Å²) in [7, 11) is 5.54. The van der Waals surface area contributed by atoms with Crippen molar-refractivity contribution in [1.29, 1.82) is 0 Å². The van der Waals surface area contributed by atoms with E-state index in [1.807, 2.05) is 21.1 Å². The third-order valence-electron chi connectivity index (χ3n) is 0.999. The van der Waals surface area contributed by atoms with Gasteiger partial charge in [-0.3, -0.25) is 9.59 Å². The summed E-state index contributed by atoms with van der Waals surface area (Å²) in [6.07, 6.45) is -0.366. The fourth-order valence-corrected chi connectivity index (χ4v) is 0.754. The number of quaternary nitrogens is 1. The molecule has 0 spiro atoms. The number of carbonyl (C=O) groups excluding carboxylic acids is 1. The van der Waals surface area contributed by atoms with Gasteiger partial charge in [-0.25, -0.2) is 0 Å². The van der Waals surface area contributed by atoms with Crippen LogP contribution in [0.5, 0.6) is 0 Å². The highest BCUT2D eigenvalue weighted by Gasteiger charge is 2.16. The summed E-state index contributed by atoms with van der Waals surface area (Å²) < 4.78 is 0.478. The first-order valence-corrected chi connectivity index (χ1v) is 3.35. The van der Waals surface area contributed by atoms with Gasteiger partial charge in [0.05, 0.1) is 21.1 Å². The molecule has 0 aromatic carbocycles. The van der Waals surface area contributed by atoms with E-state index in [2.05, 4.69) is 0 Å². The monoisotopic (exact) mass is 160 g/mol. The number of carboxylic acids is 1. The SMILES string of the molecule is C[N+](C)(C)CC(=O)CC(=O)O. The molecular formula is C7H14NO3+. The second-order valence-corrected chi connectivity index (χ2v) is 3.56. The van der Waals surface area contributed by atoms with E-state index < -0.39 is 5.97 Å². The number of rotatable bonds is 4. The van der Waals surface area contributed by atoms with Gasteiger partial charge in [-0.1, -0.05) is 0 Å². The molecule has 0 aromatic heterocycles. The summed E-state index contributed by atoms with van der Waals surface area (Å²) in [5.41, 5.74) is 0. The molecule has 0 saturated carbocycles. The zero-order valence-corrected chi connectivity index (χ0v) is 7.13. The van der Waals surface area contributed by atoms with Gasteiger partial charge in [0.2, 0.25) is 0 Å². The molecule has 0 aliphatic rings. The maximum absolute atomic E-state index is 10.9. The Hall–Kier alpha value is -0.900. The van der Waals surface area contributed by atoms with Crippen LogP contribution in [0, 0.1) is 0 Å². The molecule has 4 heteroatoms. The van der Waals surface area contributed by atoms with Crippen molar-refractivity contribution in [2.75, 3.05) is 27.7 Å². The van der Waals surface area contributed by atoms with Crippen LogP contribution in [0.25, 0.3) is 0 Å². The number of aliphatic carboxylic acids is 1. The van der Waals surface area contributed by atoms with Crippen LogP contribution in [0.3, 0.4) is 0 Å².